The van der Waals surface area contributed by atoms with Gasteiger partial charge in [-0.25, -0.2) is 0 Å². The van der Waals surface area contributed by atoms with Crippen molar-refractivity contribution in [3.63, 3.8) is 0 Å². The van der Waals surface area contributed by atoms with Gasteiger partial charge in [-0.3, -0.25) is 9.59 Å². The second-order valence-corrected chi connectivity index (χ2v) is 11.1. The van der Waals surface area contributed by atoms with E-state index in [1.54, 1.807) is 11.8 Å². The zero-order valence-corrected chi connectivity index (χ0v) is 27.2. The van der Waals surface area contributed by atoms with Crippen LogP contribution in [0, 0.1) is 0 Å². The summed E-state index contributed by atoms with van der Waals surface area (Å²) in [6.45, 7) is 5.60. The van der Waals surface area contributed by atoms with Crippen molar-refractivity contribution in [3.8, 4) is 0 Å². The summed E-state index contributed by atoms with van der Waals surface area (Å²) >= 11 is 1.63. The van der Waals surface area contributed by atoms with Crippen molar-refractivity contribution in [1.29, 1.82) is 0 Å². The molecule has 212 valence electrons. The third-order valence-electron chi connectivity index (χ3n) is 6.42. The molecule has 0 saturated carbocycles. The summed E-state index contributed by atoms with van der Waals surface area (Å²) in [5.74, 6) is 1.19. The molecular formula is C30H60CaO4S. The maximum Gasteiger partial charge on any atom is 2.00 e. The van der Waals surface area contributed by atoms with Crippen LogP contribution in [0.4, 0.5) is 0 Å². The number of thioether (sulfide) groups is 1. The molecule has 4 nitrogen and oxygen atoms in total. The van der Waals surface area contributed by atoms with Gasteiger partial charge in [-0.2, -0.15) is 11.8 Å². The van der Waals surface area contributed by atoms with Gasteiger partial charge in [0.05, 0.1) is 26.1 Å². The van der Waals surface area contributed by atoms with Gasteiger partial charge in [-0.15, -0.1) is 0 Å². The van der Waals surface area contributed by atoms with E-state index in [4.69, 9.17) is 9.47 Å². The van der Waals surface area contributed by atoms with Crippen LogP contribution in [0.1, 0.15) is 158 Å². The fourth-order valence-corrected chi connectivity index (χ4v) is 4.93. The average molecular weight is 557 g/mol. The zero-order valence-electron chi connectivity index (χ0n) is 26.1. The van der Waals surface area contributed by atoms with Crippen molar-refractivity contribution in [1.82, 2.24) is 0 Å². The Hall–Kier alpha value is 0.550. The minimum absolute atomic E-state index is 0. The minimum atomic E-state index is -0.114. The van der Waals surface area contributed by atoms with E-state index in [-0.39, 0.29) is 52.5 Å². The molecule has 0 saturated heterocycles. The van der Waals surface area contributed by atoms with E-state index in [1.807, 2.05) is 0 Å². The largest absolute Gasteiger partial charge is 2.00 e. The van der Waals surface area contributed by atoms with Crippen molar-refractivity contribution >= 4 is 61.4 Å². The van der Waals surface area contributed by atoms with Gasteiger partial charge in [-0.1, -0.05) is 129 Å². The number of hydrogen-bond donors (Lipinski definition) is 0. The average Bonchev–Trinajstić information content (AvgIpc) is 2.85. The molecule has 0 aliphatic rings. The first-order valence-corrected chi connectivity index (χ1v) is 16.2. The summed E-state index contributed by atoms with van der Waals surface area (Å²) in [6.07, 6.45) is 26.5. The number of carbonyl (C=O) groups is 2. The maximum atomic E-state index is 11.8. The van der Waals surface area contributed by atoms with Crippen LogP contribution in [-0.4, -0.2) is 74.4 Å². The van der Waals surface area contributed by atoms with Crippen LogP contribution < -0.4 is 0 Å². The Morgan fingerprint density at radius 1 is 0.500 bits per heavy atom. The molecule has 0 aromatic rings. The van der Waals surface area contributed by atoms with Crippen LogP contribution in [0.25, 0.3) is 0 Å². The van der Waals surface area contributed by atoms with Gasteiger partial charge in [0, 0.05) is 11.5 Å². The molecule has 0 N–H and O–H groups in total. The van der Waals surface area contributed by atoms with E-state index in [0.29, 0.717) is 37.6 Å². The Balaban J connectivity index is -0.00000193. The molecule has 0 rings (SSSR count). The van der Waals surface area contributed by atoms with Gasteiger partial charge in [0.15, 0.2) is 0 Å². The fourth-order valence-electron chi connectivity index (χ4n) is 4.11. The number of hydrogen-bond acceptors (Lipinski definition) is 5. The Kier molecular flexibility index (Phi) is 36.1. The van der Waals surface area contributed by atoms with Gasteiger partial charge in [0.25, 0.3) is 0 Å². The Morgan fingerprint density at radius 2 is 0.778 bits per heavy atom. The van der Waals surface area contributed by atoms with Gasteiger partial charge in [-0.05, 0) is 12.8 Å². The quantitative estimate of drug-likeness (QED) is 0.0546. The predicted octanol–water partition coefficient (Wildman–Crippen LogP) is 9.27. The van der Waals surface area contributed by atoms with E-state index in [1.165, 1.54) is 103 Å². The van der Waals surface area contributed by atoms with Crippen molar-refractivity contribution in [2.24, 2.45) is 0 Å². The number of esters is 2. The van der Waals surface area contributed by atoms with Crippen LogP contribution >= 0.6 is 11.8 Å². The monoisotopic (exact) mass is 556 g/mol. The molecule has 0 spiro atoms. The molecule has 0 aliphatic carbocycles. The molecule has 0 amide bonds. The van der Waals surface area contributed by atoms with Gasteiger partial charge in [0.1, 0.15) is 0 Å². The fraction of sp³-hybridized carbons (Fsp3) is 0.933. The van der Waals surface area contributed by atoms with E-state index >= 15 is 0 Å². The number of carbonyl (C=O) groups excluding carboxylic acids is 2. The normalized spacial score (nSPS) is 10.7. The molecule has 0 aromatic heterocycles. The SMILES string of the molecule is CCCCCCCCCCCCOC(=O)CCSCCC(=O)OCCCCCCCCCCCC.[Ca+2].[H-].[H-]. The molecular weight excluding hydrogens is 496 g/mol. The molecule has 0 radical (unpaired) electrons. The summed E-state index contributed by atoms with van der Waals surface area (Å²) < 4.78 is 10.6. The Labute approximate surface area is 261 Å². The maximum absolute atomic E-state index is 11.8. The van der Waals surface area contributed by atoms with Gasteiger partial charge in [0.2, 0.25) is 0 Å². The molecule has 0 fully saturated rings. The van der Waals surface area contributed by atoms with Crippen molar-refractivity contribution < 1.29 is 21.9 Å². The smallest absolute Gasteiger partial charge is 1.00 e. The van der Waals surface area contributed by atoms with E-state index in [9.17, 15) is 9.59 Å². The van der Waals surface area contributed by atoms with Crippen LogP contribution in [0.5, 0.6) is 0 Å². The first kappa shape index (κ1) is 38.7. The molecule has 36 heavy (non-hydrogen) atoms. The zero-order chi connectivity index (χ0) is 25.7. The summed E-state index contributed by atoms with van der Waals surface area (Å²) in [7, 11) is 0. The van der Waals surface area contributed by atoms with Crippen molar-refractivity contribution in [3.05, 3.63) is 0 Å². The predicted molar refractivity (Wildman–Crippen MR) is 160 cm³/mol. The van der Waals surface area contributed by atoms with Crippen LogP contribution in [0.15, 0.2) is 0 Å². The summed E-state index contributed by atoms with van der Waals surface area (Å²) in [6, 6.07) is 0. The van der Waals surface area contributed by atoms with Crippen LogP contribution in [0.3, 0.4) is 0 Å². The van der Waals surface area contributed by atoms with Crippen molar-refractivity contribution in [2.75, 3.05) is 24.7 Å². The summed E-state index contributed by atoms with van der Waals surface area (Å²) in [5.41, 5.74) is 0. The van der Waals surface area contributed by atoms with E-state index in [0.717, 1.165) is 25.7 Å². The topological polar surface area (TPSA) is 52.6 Å². The Bertz CT molecular complexity index is 434. The molecule has 0 atom stereocenters. The Morgan fingerprint density at radius 3 is 1.08 bits per heavy atom. The second kappa shape index (κ2) is 33.6. The molecule has 0 bridgehead atoms. The van der Waals surface area contributed by atoms with Gasteiger partial charge >= 0.3 is 49.7 Å². The van der Waals surface area contributed by atoms with Crippen LogP contribution in [0.2, 0.25) is 0 Å². The molecule has 0 aliphatic heterocycles. The number of ether oxygens (including phenoxy) is 2. The molecule has 6 heteroatoms. The molecule has 0 unspecified atom stereocenters. The van der Waals surface area contributed by atoms with Crippen molar-refractivity contribution in [2.45, 2.75) is 155 Å². The first-order valence-electron chi connectivity index (χ1n) is 15.1. The molecule has 0 aromatic carbocycles. The standard InChI is InChI=1S/C30H58O4S.Ca.2H/c1-3-5-7-9-11-13-15-17-19-21-25-33-29(31)23-27-35-28-24-30(32)34-26-22-20-18-16-14-12-10-8-6-4-2;;;/h3-28H2,1-2H3;;;/q;+2;2*-1. The number of rotatable bonds is 28. The number of unbranched alkanes of at least 4 members (excludes halogenated alkanes) is 18. The van der Waals surface area contributed by atoms with Gasteiger partial charge < -0.3 is 12.3 Å². The first-order chi connectivity index (χ1) is 17.2. The third-order valence-corrected chi connectivity index (χ3v) is 7.41. The summed E-state index contributed by atoms with van der Waals surface area (Å²) in [4.78, 5) is 23.6. The molecule has 0 heterocycles. The minimum Gasteiger partial charge on any atom is -1.00 e. The van der Waals surface area contributed by atoms with E-state index < -0.39 is 0 Å². The van der Waals surface area contributed by atoms with Crippen LogP contribution in [-0.2, 0) is 19.1 Å². The van der Waals surface area contributed by atoms with E-state index in [2.05, 4.69) is 13.8 Å². The second-order valence-electron chi connectivity index (χ2n) is 9.92. The third kappa shape index (κ3) is 32.6. The summed E-state index contributed by atoms with van der Waals surface area (Å²) in [5, 5.41) is 0.